The molecule has 86 valence electrons. The molecule has 0 aromatic carbocycles. The molecular weight excluding hydrogens is 188 g/mol. The van der Waals surface area contributed by atoms with E-state index < -0.39 is 0 Å². The van der Waals surface area contributed by atoms with Crippen molar-refractivity contribution in [2.24, 2.45) is 11.1 Å². The van der Waals surface area contributed by atoms with Crippen LogP contribution in [0.25, 0.3) is 0 Å². The molecule has 1 amide bonds. The van der Waals surface area contributed by atoms with Gasteiger partial charge in [0.1, 0.15) is 0 Å². The van der Waals surface area contributed by atoms with E-state index in [9.17, 15) is 4.79 Å². The first-order valence-electron chi connectivity index (χ1n) is 5.56. The lowest BCUT2D eigenvalue weighted by atomic mass is 9.83. The lowest BCUT2D eigenvalue weighted by Crippen LogP contribution is -2.44. The van der Waals surface area contributed by atoms with Crippen molar-refractivity contribution in [3.63, 3.8) is 0 Å². The molecule has 0 aliphatic carbocycles. The zero-order chi connectivity index (χ0) is 11.6. The molecule has 1 rings (SSSR count). The van der Waals surface area contributed by atoms with E-state index in [0.717, 1.165) is 13.0 Å². The van der Waals surface area contributed by atoms with Crippen LogP contribution in [-0.4, -0.2) is 29.9 Å². The van der Waals surface area contributed by atoms with Gasteiger partial charge < -0.3 is 10.6 Å². The summed E-state index contributed by atoms with van der Waals surface area (Å²) < 4.78 is 0. The summed E-state index contributed by atoms with van der Waals surface area (Å²) in [5.74, 6) is 0.0548. The van der Waals surface area contributed by atoms with E-state index in [1.54, 1.807) is 6.92 Å². The highest BCUT2D eigenvalue weighted by Gasteiger charge is 2.24. The van der Waals surface area contributed by atoms with Crippen LogP contribution in [-0.2, 0) is 4.79 Å². The highest BCUT2D eigenvalue weighted by Crippen LogP contribution is 2.30. The van der Waals surface area contributed by atoms with E-state index in [1.807, 2.05) is 4.90 Å². The number of amides is 1. The third-order valence-electron chi connectivity index (χ3n) is 2.87. The third-order valence-corrected chi connectivity index (χ3v) is 2.87. The Labute approximate surface area is 92.3 Å². The Bertz CT molecular complexity index is 274. The SMILES string of the molecule is CC(N)C(=O)N1CC=C(C(C)(C)C)CC1. The standard InChI is InChI=1S/C12H22N2O/c1-9(13)11(15)14-7-5-10(6-8-14)12(2,3)4/h5,9H,6-8,13H2,1-4H3. The minimum Gasteiger partial charge on any atom is -0.337 e. The average Bonchev–Trinajstić information content (AvgIpc) is 2.15. The summed E-state index contributed by atoms with van der Waals surface area (Å²) in [6.45, 7) is 9.90. The zero-order valence-electron chi connectivity index (χ0n) is 10.2. The summed E-state index contributed by atoms with van der Waals surface area (Å²) in [5, 5.41) is 0. The average molecular weight is 210 g/mol. The molecule has 0 spiro atoms. The van der Waals surface area contributed by atoms with Crippen LogP contribution in [0.15, 0.2) is 11.6 Å². The largest absolute Gasteiger partial charge is 0.337 e. The number of carbonyl (C=O) groups is 1. The molecule has 1 aliphatic rings. The predicted octanol–water partition coefficient (Wildman–Crippen LogP) is 1.54. The van der Waals surface area contributed by atoms with Gasteiger partial charge in [-0.25, -0.2) is 0 Å². The van der Waals surface area contributed by atoms with Crippen LogP contribution < -0.4 is 5.73 Å². The van der Waals surface area contributed by atoms with Crippen LogP contribution in [0.1, 0.15) is 34.1 Å². The van der Waals surface area contributed by atoms with Gasteiger partial charge in [0.25, 0.3) is 0 Å². The summed E-state index contributed by atoms with van der Waals surface area (Å²) in [6.07, 6.45) is 3.14. The second-order valence-electron chi connectivity index (χ2n) is 5.30. The van der Waals surface area contributed by atoms with E-state index in [4.69, 9.17) is 5.73 Å². The van der Waals surface area contributed by atoms with Crippen LogP contribution in [0.3, 0.4) is 0 Å². The number of rotatable bonds is 1. The number of nitrogens with two attached hydrogens (primary N) is 1. The predicted molar refractivity (Wildman–Crippen MR) is 62.4 cm³/mol. The fraction of sp³-hybridized carbons (Fsp3) is 0.750. The second-order valence-corrected chi connectivity index (χ2v) is 5.30. The number of hydrogen-bond donors (Lipinski definition) is 1. The number of nitrogens with zero attached hydrogens (tertiary/aromatic N) is 1. The number of carbonyl (C=O) groups excluding carboxylic acids is 1. The van der Waals surface area contributed by atoms with Gasteiger partial charge in [-0.3, -0.25) is 4.79 Å². The maximum Gasteiger partial charge on any atom is 0.239 e. The highest BCUT2D eigenvalue weighted by atomic mass is 16.2. The molecule has 1 atom stereocenters. The van der Waals surface area contributed by atoms with Crippen LogP contribution in [0.2, 0.25) is 0 Å². The van der Waals surface area contributed by atoms with Crippen LogP contribution in [0, 0.1) is 5.41 Å². The van der Waals surface area contributed by atoms with E-state index in [-0.39, 0.29) is 17.4 Å². The first-order chi connectivity index (χ1) is 6.82. The van der Waals surface area contributed by atoms with Gasteiger partial charge in [0.2, 0.25) is 5.91 Å². The Kier molecular flexibility index (Phi) is 3.55. The van der Waals surface area contributed by atoms with Gasteiger partial charge >= 0.3 is 0 Å². The van der Waals surface area contributed by atoms with Crippen LogP contribution >= 0.6 is 0 Å². The smallest absolute Gasteiger partial charge is 0.239 e. The van der Waals surface area contributed by atoms with Crippen molar-refractivity contribution in [1.29, 1.82) is 0 Å². The fourth-order valence-electron chi connectivity index (χ4n) is 1.84. The first kappa shape index (κ1) is 12.2. The molecule has 0 aromatic rings. The maximum absolute atomic E-state index is 11.6. The van der Waals surface area contributed by atoms with Gasteiger partial charge in [-0.05, 0) is 18.8 Å². The highest BCUT2D eigenvalue weighted by molar-refractivity contribution is 5.81. The van der Waals surface area contributed by atoms with Gasteiger partial charge in [-0.2, -0.15) is 0 Å². The Morgan fingerprint density at radius 1 is 1.53 bits per heavy atom. The molecule has 15 heavy (non-hydrogen) atoms. The Morgan fingerprint density at radius 3 is 2.47 bits per heavy atom. The van der Waals surface area contributed by atoms with Crippen molar-refractivity contribution in [3.05, 3.63) is 11.6 Å². The van der Waals surface area contributed by atoms with Crippen LogP contribution in [0.5, 0.6) is 0 Å². The third kappa shape index (κ3) is 3.06. The molecule has 0 bridgehead atoms. The van der Waals surface area contributed by atoms with Gasteiger partial charge in [-0.1, -0.05) is 32.4 Å². The van der Waals surface area contributed by atoms with Crippen molar-refractivity contribution in [2.75, 3.05) is 13.1 Å². The topological polar surface area (TPSA) is 46.3 Å². The molecule has 0 aromatic heterocycles. The Morgan fingerprint density at radius 2 is 2.13 bits per heavy atom. The van der Waals surface area contributed by atoms with Gasteiger partial charge in [0.05, 0.1) is 6.04 Å². The lowest BCUT2D eigenvalue weighted by Gasteiger charge is -2.32. The summed E-state index contributed by atoms with van der Waals surface area (Å²) in [7, 11) is 0. The summed E-state index contributed by atoms with van der Waals surface area (Å²) >= 11 is 0. The van der Waals surface area contributed by atoms with E-state index in [0.29, 0.717) is 6.54 Å². The molecular formula is C12H22N2O. The Balaban J connectivity index is 2.62. The molecule has 0 fully saturated rings. The minimum absolute atomic E-state index is 0.0548. The van der Waals surface area contributed by atoms with E-state index in [2.05, 4.69) is 26.8 Å². The summed E-state index contributed by atoms with van der Waals surface area (Å²) in [4.78, 5) is 13.5. The molecule has 0 radical (unpaired) electrons. The number of hydrogen-bond acceptors (Lipinski definition) is 2. The first-order valence-corrected chi connectivity index (χ1v) is 5.56. The molecule has 3 nitrogen and oxygen atoms in total. The minimum atomic E-state index is -0.380. The maximum atomic E-state index is 11.6. The van der Waals surface area contributed by atoms with Gasteiger partial charge in [0.15, 0.2) is 0 Å². The van der Waals surface area contributed by atoms with E-state index in [1.165, 1.54) is 5.57 Å². The fourth-order valence-corrected chi connectivity index (χ4v) is 1.84. The normalized spacial score (nSPS) is 19.8. The van der Waals surface area contributed by atoms with Crippen molar-refractivity contribution in [1.82, 2.24) is 4.90 Å². The molecule has 1 heterocycles. The van der Waals surface area contributed by atoms with Crippen molar-refractivity contribution >= 4 is 5.91 Å². The van der Waals surface area contributed by atoms with E-state index >= 15 is 0 Å². The lowest BCUT2D eigenvalue weighted by molar-refractivity contribution is -0.131. The van der Waals surface area contributed by atoms with Gasteiger partial charge in [0, 0.05) is 13.1 Å². The Hall–Kier alpha value is -0.830. The molecule has 1 unspecified atom stereocenters. The van der Waals surface area contributed by atoms with Crippen molar-refractivity contribution in [3.8, 4) is 0 Å². The van der Waals surface area contributed by atoms with Crippen molar-refractivity contribution < 1.29 is 4.79 Å². The van der Waals surface area contributed by atoms with Crippen molar-refractivity contribution in [2.45, 2.75) is 40.2 Å². The molecule has 3 heteroatoms. The summed E-state index contributed by atoms with van der Waals surface area (Å²) in [5.41, 5.74) is 7.24. The quantitative estimate of drug-likeness (QED) is 0.667. The molecule has 1 aliphatic heterocycles. The molecule has 0 saturated carbocycles. The monoisotopic (exact) mass is 210 g/mol. The zero-order valence-corrected chi connectivity index (χ0v) is 10.2. The molecule has 0 saturated heterocycles. The second kappa shape index (κ2) is 4.35. The van der Waals surface area contributed by atoms with Crippen LogP contribution in [0.4, 0.5) is 0 Å². The summed E-state index contributed by atoms with van der Waals surface area (Å²) in [6, 6.07) is -0.380. The van der Waals surface area contributed by atoms with Gasteiger partial charge in [-0.15, -0.1) is 0 Å². The molecule has 2 N–H and O–H groups in total.